The third kappa shape index (κ3) is 7.89. The molecule has 42 heavy (non-hydrogen) atoms. The zero-order valence-corrected chi connectivity index (χ0v) is 25.6. The van der Waals surface area contributed by atoms with Crippen molar-refractivity contribution in [2.45, 2.75) is 45.3 Å². The SMILES string of the molecule is CC[C@@H](C)NC(=O)[C@@H](Cc1ccccc1)N(Cc1cccc(Cl)c1)C(=O)CN(c1cccc2ccccc12)S(C)(=O)=O. The van der Waals surface area contributed by atoms with Gasteiger partial charge in [0.25, 0.3) is 0 Å². The number of nitrogens with one attached hydrogen (secondary N) is 1. The molecule has 9 heteroatoms. The highest BCUT2D eigenvalue weighted by Gasteiger charge is 2.33. The monoisotopic (exact) mass is 605 g/mol. The smallest absolute Gasteiger partial charge is 0.244 e. The minimum absolute atomic E-state index is 0.0674. The number of benzene rings is 4. The van der Waals surface area contributed by atoms with Crippen LogP contribution >= 0.6 is 11.6 Å². The van der Waals surface area contributed by atoms with E-state index < -0.39 is 28.5 Å². The molecule has 4 aromatic rings. The maximum Gasteiger partial charge on any atom is 0.244 e. The topological polar surface area (TPSA) is 86.8 Å². The molecule has 2 amide bonds. The minimum Gasteiger partial charge on any atom is -0.352 e. The van der Waals surface area contributed by atoms with Crippen molar-refractivity contribution in [3.63, 3.8) is 0 Å². The van der Waals surface area contributed by atoms with Gasteiger partial charge in [0, 0.05) is 29.4 Å². The molecule has 220 valence electrons. The molecular formula is C33H36ClN3O4S. The summed E-state index contributed by atoms with van der Waals surface area (Å²) in [5.41, 5.74) is 2.00. The van der Waals surface area contributed by atoms with Gasteiger partial charge in [-0.25, -0.2) is 8.42 Å². The lowest BCUT2D eigenvalue weighted by Crippen LogP contribution is -2.54. The zero-order valence-electron chi connectivity index (χ0n) is 24.0. The van der Waals surface area contributed by atoms with Crippen LogP contribution < -0.4 is 9.62 Å². The van der Waals surface area contributed by atoms with Gasteiger partial charge in [0.2, 0.25) is 21.8 Å². The first kappa shape index (κ1) is 31.1. The molecule has 0 saturated heterocycles. The predicted octanol–water partition coefficient (Wildman–Crippen LogP) is 5.81. The van der Waals surface area contributed by atoms with Gasteiger partial charge in [-0.1, -0.05) is 97.4 Å². The lowest BCUT2D eigenvalue weighted by atomic mass is 10.0. The Kier molecular flexibility index (Phi) is 10.2. The summed E-state index contributed by atoms with van der Waals surface area (Å²) in [6.07, 6.45) is 2.05. The first-order valence-electron chi connectivity index (χ1n) is 13.9. The van der Waals surface area contributed by atoms with Crippen LogP contribution in [0.15, 0.2) is 97.1 Å². The van der Waals surface area contributed by atoms with Crippen LogP contribution in [0.2, 0.25) is 5.02 Å². The maximum atomic E-state index is 14.3. The molecule has 0 radical (unpaired) electrons. The Bertz CT molecular complexity index is 1640. The number of rotatable bonds is 12. The Morgan fingerprint density at radius 3 is 2.21 bits per heavy atom. The molecule has 1 N–H and O–H groups in total. The molecule has 0 fully saturated rings. The Labute approximate surface area is 253 Å². The summed E-state index contributed by atoms with van der Waals surface area (Å²) in [6.45, 7) is 3.47. The first-order valence-corrected chi connectivity index (χ1v) is 16.1. The molecule has 0 bridgehead atoms. The Morgan fingerprint density at radius 2 is 1.52 bits per heavy atom. The van der Waals surface area contributed by atoms with E-state index in [0.29, 0.717) is 16.1 Å². The summed E-state index contributed by atoms with van der Waals surface area (Å²) in [6, 6.07) is 28.3. The van der Waals surface area contributed by atoms with Gasteiger partial charge in [0.1, 0.15) is 12.6 Å². The van der Waals surface area contributed by atoms with Crippen LogP contribution in [-0.2, 0) is 32.6 Å². The van der Waals surface area contributed by atoms with E-state index in [2.05, 4.69) is 5.32 Å². The highest BCUT2D eigenvalue weighted by Crippen LogP contribution is 2.29. The molecule has 0 aromatic heterocycles. The van der Waals surface area contributed by atoms with Crippen molar-refractivity contribution in [2.75, 3.05) is 17.1 Å². The zero-order chi connectivity index (χ0) is 30.3. The van der Waals surface area contributed by atoms with Crippen LogP contribution in [-0.4, -0.2) is 50.0 Å². The fourth-order valence-electron chi connectivity index (χ4n) is 4.85. The number of carbonyl (C=O) groups excluding carboxylic acids is 2. The second kappa shape index (κ2) is 13.9. The van der Waals surface area contributed by atoms with Crippen molar-refractivity contribution in [3.05, 3.63) is 113 Å². The lowest BCUT2D eigenvalue weighted by molar-refractivity contribution is -0.140. The van der Waals surface area contributed by atoms with E-state index in [4.69, 9.17) is 11.6 Å². The van der Waals surface area contributed by atoms with Gasteiger partial charge in [0.15, 0.2) is 0 Å². The van der Waals surface area contributed by atoms with Gasteiger partial charge >= 0.3 is 0 Å². The van der Waals surface area contributed by atoms with Crippen LogP contribution in [0, 0.1) is 0 Å². The second-order valence-electron chi connectivity index (χ2n) is 10.4. The molecule has 0 aliphatic heterocycles. The molecule has 7 nitrogen and oxygen atoms in total. The maximum absolute atomic E-state index is 14.3. The molecule has 0 heterocycles. The number of sulfonamides is 1. The summed E-state index contributed by atoms with van der Waals surface area (Å²) >= 11 is 6.28. The summed E-state index contributed by atoms with van der Waals surface area (Å²) in [5.74, 6) is -0.812. The third-order valence-electron chi connectivity index (χ3n) is 7.23. The van der Waals surface area contributed by atoms with Gasteiger partial charge in [-0.05, 0) is 48.1 Å². The number of fused-ring (bicyclic) bond motifs is 1. The van der Waals surface area contributed by atoms with Crippen molar-refractivity contribution < 1.29 is 18.0 Å². The number of hydrogen-bond donors (Lipinski definition) is 1. The highest BCUT2D eigenvalue weighted by atomic mass is 35.5. The molecule has 0 unspecified atom stereocenters. The summed E-state index contributed by atoms with van der Waals surface area (Å²) < 4.78 is 27.5. The van der Waals surface area contributed by atoms with Crippen molar-refractivity contribution in [2.24, 2.45) is 0 Å². The fraction of sp³-hybridized carbons (Fsp3) is 0.273. The van der Waals surface area contributed by atoms with Gasteiger partial charge in [-0.2, -0.15) is 0 Å². The van der Waals surface area contributed by atoms with Crippen molar-refractivity contribution >= 4 is 49.9 Å². The second-order valence-corrected chi connectivity index (χ2v) is 12.8. The molecule has 0 spiro atoms. The number of amides is 2. The number of halogens is 1. The quantitative estimate of drug-likeness (QED) is 0.221. The van der Waals surface area contributed by atoms with E-state index in [1.54, 1.807) is 30.3 Å². The van der Waals surface area contributed by atoms with E-state index in [-0.39, 0.29) is 24.9 Å². The van der Waals surface area contributed by atoms with E-state index in [0.717, 1.165) is 33.5 Å². The summed E-state index contributed by atoms with van der Waals surface area (Å²) in [5, 5.41) is 5.08. The molecule has 2 atom stereocenters. The van der Waals surface area contributed by atoms with Crippen molar-refractivity contribution in [1.82, 2.24) is 10.2 Å². The molecule has 4 aromatic carbocycles. The first-order chi connectivity index (χ1) is 20.1. The lowest BCUT2D eigenvalue weighted by Gasteiger charge is -2.34. The van der Waals surface area contributed by atoms with Crippen molar-refractivity contribution in [3.8, 4) is 0 Å². The average molecular weight is 606 g/mol. The Morgan fingerprint density at radius 1 is 0.881 bits per heavy atom. The molecule has 0 saturated carbocycles. The van der Waals surface area contributed by atoms with Crippen molar-refractivity contribution in [1.29, 1.82) is 0 Å². The van der Waals surface area contributed by atoms with Gasteiger partial charge in [0.05, 0.1) is 11.9 Å². The largest absolute Gasteiger partial charge is 0.352 e. The Balaban J connectivity index is 1.79. The van der Waals surface area contributed by atoms with Crippen LogP contribution in [0.25, 0.3) is 10.8 Å². The van der Waals surface area contributed by atoms with E-state index in [9.17, 15) is 18.0 Å². The fourth-order valence-corrected chi connectivity index (χ4v) is 5.92. The van der Waals surface area contributed by atoms with E-state index in [1.165, 1.54) is 4.90 Å². The van der Waals surface area contributed by atoms with E-state index >= 15 is 0 Å². The van der Waals surface area contributed by atoms with Gasteiger partial charge in [-0.15, -0.1) is 0 Å². The molecule has 0 aliphatic carbocycles. The molecule has 4 rings (SSSR count). The van der Waals surface area contributed by atoms with Gasteiger partial charge < -0.3 is 10.2 Å². The number of anilines is 1. The third-order valence-corrected chi connectivity index (χ3v) is 8.59. The summed E-state index contributed by atoms with van der Waals surface area (Å²) in [4.78, 5) is 29.6. The predicted molar refractivity (Wildman–Crippen MR) is 170 cm³/mol. The van der Waals surface area contributed by atoms with E-state index in [1.807, 2.05) is 80.6 Å². The molecule has 0 aliphatic rings. The van der Waals surface area contributed by atoms with Crippen LogP contribution in [0.5, 0.6) is 0 Å². The van der Waals surface area contributed by atoms with Crippen LogP contribution in [0.4, 0.5) is 5.69 Å². The molecular weight excluding hydrogens is 570 g/mol. The van der Waals surface area contributed by atoms with Crippen LogP contribution in [0.1, 0.15) is 31.4 Å². The number of carbonyl (C=O) groups is 2. The minimum atomic E-state index is -3.88. The Hall–Kier alpha value is -3.88. The standard InChI is InChI=1S/C33H36ClN3O4S/c1-4-24(2)35-33(39)31(21-25-12-6-5-7-13-25)36(22-26-14-10-17-28(34)20-26)32(38)23-37(42(3,40)41)30-19-11-16-27-15-8-9-18-29(27)30/h5-20,24,31H,4,21-23H2,1-3H3,(H,35,39)/t24-,31-/m1/s1. The highest BCUT2D eigenvalue weighted by molar-refractivity contribution is 7.92. The summed E-state index contributed by atoms with van der Waals surface area (Å²) in [7, 11) is -3.88. The van der Waals surface area contributed by atoms with Crippen LogP contribution in [0.3, 0.4) is 0 Å². The average Bonchev–Trinajstić information content (AvgIpc) is 2.97. The normalized spacial score (nSPS) is 12.9. The van der Waals surface area contributed by atoms with Gasteiger partial charge in [-0.3, -0.25) is 13.9 Å². The number of nitrogens with zero attached hydrogens (tertiary/aromatic N) is 2. The number of hydrogen-bond acceptors (Lipinski definition) is 4.